The van der Waals surface area contributed by atoms with Crippen molar-refractivity contribution in [2.24, 2.45) is 0 Å². The van der Waals surface area contributed by atoms with Gasteiger partial charge in [-0.3, -0.25) is 0 Å². The Bertz CT molecular complexity index is 631. The van der Waals surface area contributed by atoms with E-state index in [0.717, 1.165) is 5.69 Å². The summed E-state index contributed by atoms with van der Waals surface area (Å²) in [6, 6.07) is 7.24. The lowest BCUT2D eigenvalue weighted by molar-refractivity contribution is 0.948. The van der Waals surface area contributed by atoms with E-state index in [1.54, 1.807) is 17.0 Å². The van der Waals surface area contributed by atoms with E-state index in [1.807, 2.05) is 12.1 Å². The molecule has 3 aromatic rings. The lowest BCUT2D eigenvalue weighted by atomic mass is 10.2. The van der Waals surface area contributed by atoms with Gasteiger partial charge in [-0.1, -0.05) is 0 Å². The molecule has 0 bridgehead atoms. The van der Waals surface area contributed by atoms with Crippen molar-refractivity contribution in [2.45, 2.75) is 0 Å². The van der Waals surface area contributed by atoms with Gasteiger partial charge in [0.2, 0.25) is 11.9 Å². The molecule has 3 rings (SSSR count). The lowest BCUT2D eigenvalue weighted by Crippen LogP contribution is -2.16. The van der Waals surface area contributed by atoms with Crippen LogP contribution >= 0.6 is 0 Å². The minimum atomic E-state index is 0.413. The molecule has 1 aromatic carbocycles. The highest BCUT2D eigenvalue weighted by Gasteiger charge is 2.16. The van der Waals surface area contributed by atoms with Crippen molar-refractivity contribution in [1.29, 1.82) is 0 Å². The van der Waals surface area contributed by atoms with Crippen LogP contribution in [0.1, 0.15) is 0 Å². The largest absolute Gasteiger partial charge is 0.399 e. The second-order valence-electron chi connectivity index (χ2n) is 3.80. The smallest absolute Gasteiger partial charge is 0.240 e. The van der Waals surface area contributed by atoms with Crippen molar-refractivity contribution >= 4 is 23.3 Å². The lowest BCUT2D eigenvalue weighted by Gasteiger charge is -2.19. The third kappa shape index (κ3) is 2.34. The first-order valence-corrected chi connectivity index (χ1v) is 5.74. The van der Waals surface area contributed by atoms with Crippen LogP contribution in [0.15, 0.2) is 49.6 Å². The van der Waals surface area contributed by atoms with Gasteiger partial charge >= 0.3 is 0 Å². The minimum absolute atomic E-state index is 0.413. The van der Waals surface area contributed by atoms with Gasteiger partial charge in [-0.25, -0.2) is 34.8 Å². The van der Waals surface area contributed by atoms with Gasteiger partial charge in [0.05, 0.1) is 5.69 Å². The van der Waals surface area contributed by atoms with Crippen molar-refractivity contribution in [1.82, 2.24) is 29.9 Å². The summed E-state index contributed by atoms with van der Waals surface area (Å²) < 4.78 is 0. The molecule has 2 N–H and O–H groups in total. The van der Waals surface area contributed by atoms with Crippen LogP contribution in [-0.2, 0) is 0 Å². The van der Waals surface area contributed by atoms with E-state index >= 15 is 0 Å². The molecule has 0 aliphatic heterocycles. The molecule has 2 aromatic heterocycles. The van der Waals surface area contributed by atoms with Gasteiger partial charge in [0, 0.05) is 5.69 Å². The molecule has 8 heteroatoms. The topological polar surface area (TPSA) is 107 Å². The number of hydrogen-bond donors (Lipinski definition) is 1. The average molecular weight is 266 g/mol. The molecule has 0 radical (unpaired) electrons. The Kier molecular flexibility index (Phi) is 3.11. The van der Waals surface area contributed by atoms with Gasteiger partial charge < -0.3 is 5.73 Å². The zero-order valence-corrected chi connectivity index (χ0v) is 10.3. The quantitative estimate of drug-likeness (QED) is 0.702. The Hall–Kier alpha value is -3.16. The summed E-state index contributed by atoms with van der Waals surface area (Å²) in [5.74, 6) is 0.826. The first-order valence-electron chi connectivity index (χ1n) is 5.74. The van der Waals surface area contributed by atoms with Gasteiger partial charge in [0.25, 0.3) is 0 Å². The Labute approximate surface area is 114 Å². The third-order valence-corrected chi connectivity index (χ3v) is 2.51. The maximum absolute atomic E-state index is 5.70. The normalized spacial score (nSPS) is 10.2. The number of hydrogen-bond acceptors (Lipinski definition) is 8. The van der Waals surface area contributed by atoms with Crippen molar-refractivity contribution in [3.8, 4) is 0 Å². The van der Waals surface area contributed by atoms with Gasteiger partial charge in [0.15, 0.2) is 0 Å². The Balaban J connectivity index is 2.11. The highest BCUT2D eigenvalue weighted by Crippen LogP contribution is 2.28. The number of benzene rings is 1. The summed E-state index contributed by atoms with van der Waals surface area (Å²) in [6.07, 6.45) is 5.64. The number of anilines is 4. The molecule has 2 heterocycles. The summed E-state index contributed by atoms with van der Waals surface area (Å²) >= 11 is 0. The Morgan fingerprint density at radius 1 is 0.700 bits per heavy atom. The summed E-state index contributed by atoms with van der Waals surface area (Å²) in [5, 5.41) is 0. The molecule has 98 valence electrons. The highest BCUT2D eigenvalue weighted by atomic mass is 15.3. The van der Waals surface area contributed by atoms with Gasteiger partial charge in [-0.05, 0) is 24.3 Å². The maximum atomic E-state index is 5.70. The summed E-state index contributed by atoms with van der Waals surface area (Å²) in [4.78, 5) is 25.8. The Morgan fingerprint density at radius 2 is 1.15 bits per heavy atom. The molecule has 8 nitrogen and oxygen atoms in total. The molecule has 0 amide bonds. The molecular formula is C12H10N8. The number of nitrogens with two attached hydrogens (primary N) is 1. The van der Waals surface area contributed by atoms with E-state index in [-0.39, 0.29) is 0 Å². The molecule has 0 aliphatic carbocycles. The number of rotatable bonds is 3. The molecule has 0 unspecified atom stereocenters. The van der Waals surface area contributed by atoms with E-state index in [2.05, 4.69) is 29.9 Å². The van der Waals surface area contributed by atoms with Crippen LogP contribution in [0.25, 0.3) is 0 Å². The van der Waals surface area contributed by atoms with Gasteiger partial charge in [-0.15, -0.1) is 0 Å². The molecule has 0 atom stereocenters. The maximum Gasteiger partial charge on any atom is 0.240 e. The SMILES string of the molecule is Nc1ccc(N(c2ncncn2)c2ncncn2)cc1. The molecule has 20 heavy (non-hydrogen) atoms. The Morgan fingerprint density at radius 3 is 1.60 bits per heavy atom. The van der Waals surface area contributed by atoms with Crippen molar-refractivity contribution in [2.75, 3.05) is 10.6 Å². The molecular weight excluding hydrogens is 256 g/mol. The molecule has 0 fully saturated rings. The molecule has 0 saturated carbocycles. The van der Waals surface area contributed by atoms with Crippen molar-refractivity contribution in [3.63, 3.8) is 0 Å². The zero-order valence-electron chi connectivity index (χ0n) is 10.3. The van der Waals surface area contributed by atoms with Crippen LogP contribution in [0.5, 0.6) is 0 Å². The third-order valence-electron chi connectivity index (χ3n) is 2.51. The minimum Gasteiger partial charge on any atom is -0.399 e. The van der Waals surface area contributed by atoms with Crippen molar-refractivity contribution in [3.05, 3.63) is 49.6 Å². The second-order valence-corrected chi connectivity index (χ2v) is 3.80. The fraction of sp³-hybridized carbons (Fsp3) is 0. The van der Waals surface area contributed by atoms with E-state index in [1.165, 1.54) is 25.3 Å². The second kappa shape index (κ2) is 5.22. The number of nitrogen functional groups attached to an aromatic ring is 1. The van der Waals surface area contributed by atoms with Crippen LogP contribution in [0, 0.1) is 0 Å². The van der Waals surface area contributed by atoms with Crippen LogP contribution in [0.4, 0.5) is 23.3 Å². The predicted octanol–water partition coefficient (Wildman–Crippen LogP) is 1.11. The summed E-state index contributed by atoms with van der Waals surface area (Å²) in [5.41, 5.74) is 7.16. The van der Waals surface area contributed by atoms with E-state index in [9.17, 15) is 0 Å². The predicted molar refractivity (Wildman–Crippen MR) is 72.3 cm³/mol. The van der Waals surface area contributed by atoms with Crippen LogP contribution in [0.3, 0.4) is 0 Å². The first kappa shape index (κ1) is 11.9. The fourth-order valence-electron chi connectivity index (χ4n) is 1.64. The van der Waals surface area contributed by atoms with E-state index in [0.29, 0.717) is 17.6 Å². The zero-order chi connectivity index (χ0) is 13.8. The molecule has 0 spiro atoms. The summed E-state index contributed by atoms with van der Waals surface area (Å²) in [6.45, 7) is 0. The summed E-state index contributed by atoms with van der Waals surface area (Å²) in [7, 11) is 0. The number of aromatic nitrogens is 6. The molecule has 0 aliphatic rings. The molecule has 0 saturated heterocycles. The number of nitrogens with zero attached hydrogens (tertiary/aromatic N) is 7. The monoisotopic (exact) mass is 266 g/mol. The highest BCUT2D eigenvalue weighted by molar-refractivity contribution is 5.68. The van der Waals surface area contributed by atoms with E-state index in [4.69, 9.17) is 5.73 Å². The standard InChI is InChI=1S/C12H10N8/c13-9-1-3-10(4-2-9)20(11-16-5-14-6-17-11)12-18-7-15-8-19-12/h1-8H,13H2. The average Bonchev–Trinajstić information content (AvgIpc) is 2.52. The van der Waals surface area contributed by atoms with Gasteiger partial charge in [-0.2, -0.15) is 0 Å². The van der Waals surface area contributed by atoms with Crippen molar-refractivity contribution < 1.29 is 0 Å². The fourth-order valence-corrected chi connectivity index (χ4v) is 1.64. The first-order chi connectivity index (χ1) is 9.84. The van der Waals surface area contributed by atoms with Gasteiger partial charge in [0.1, 0.15) is 25.3 Å². The van der Waals surface area contributed by atoms with E-state index < -0.39 is 0 Å². The van der Waals surface area contributed by atoms with Crippen LogP contribution < -0.4 is 10.6 Å². The van der Waals surface area contributed by atoms with Crippen LogP contribution in [0.2, 0.25) is 0 Å². The van der Waals surface area contributed by atoms with Crippen LogP contribution in [-0.4, -0.2) is 29.9 Å².